The molecule has 0 spiro atoms. The summed E-state index contributed by atoms with van der Waals surface area (Å²) in [5, 5.41) is 1.38. The highest BCUT2D eigenvalue weighted by Gasteiger charge is 2.06. The molecular formula is C15H15BrClNO2. The number of alkyl halides is 1. The third kappa shape index (κ3) is 3.87. The molecule has 2 rings (SSSR count). The van der Waals surface area contributed by atoms with E-state index < -0.39 is 0 Å². The summed E-state index contributed by atoms with van der Waals surface area (Å²) in [5.74, 6) is 1.58. The Balaban J connectivity index is 2.14. The van der Waals surface area contributed by atoms with Gasteiger partial charge in [-0.2, -0.15) is 0 Å². The molecule has 0 aliphatic rings. The van der Waals surface area contributed by atoms with Crippen molar-refractivity contribution < 1.29 is 9.47 Å². The first-order valence-electron chi connectivity index (χ1n) is 6.11. The lowest BCUT2D eigenvalue weighted by atomic mass is 10.2. The van der Waals surface area contributed by atoms with E-state index in [0.717, 1.165) is 28.5 Å². The molecular weight excluding hydrogens is 342 g/mol. The molecule has 2 aromatic rings. The van der Waals surface area contributed by atoms with Crippen LogP contribution in [-0.4, -0.2) is 12.1 Å². The second-order valence-electron chi connectivity index (χ2n) is 4.31. The SMILES string of the molecule is COc1cc(C)nc(COc2ccc(Cl)cc2CBr)c1. The zero-order chi connectivity index (χ0) is 14.5. The predicted octanol–water partition coefficient (Wildman–Crippen LogP) is 4.53. The van der Waals surface area contributed by atoms with Gasteiger partial charge in [0.2, 0.25) is 0 Å². The van der Waals surface area contributed by atoms with Crippen LogP contribution in [-0.2, 0) is 11.9 Å². The Morgan fingerprint density at radius 1 is 1.25 bits per heavy atom. The lowest BCUT2D eigenvalue weighted by Gasteiger charge is -2.11. The molecule has 1 heterocycles. The van der Waals surface area contributed by atoms with E-state index >= 15 is 0 Å². The second-order valence-corrected chi connectivity index (χ2v) is 5.31. The van der Waals surface area contributed by atoms with Crippen molar-refractivity contribution in [1.82, 2.24) is 4.98 Å². The van der Waals surface area contributed by atoms with Crippen LogP contribution < -0.4 is 9.47 Å². The van der Waals surface area contributed by atoms with Gasteiger partial charge in [-0.25, -0.2) is 0 Å². The van der Waals surface area contributed by atoms with Gasteiger partial charge < -0.3 is 9.47 Å². The van der Waals surface area contributed by atoms with Crippen LogP contribution in [0.15, 0.2) is 30.3 Å². The predicted molar refractivity (Wildman–Crippen MR) is 83.9 cm³/mol. The smallest absolute Gasteiger partial charge is 0.130 e. The molecule has 5 heteroatoms. The van der Waals surface area contributed by atoms with E-state index in [1.807, 2.05) is 37.3 Å². The van der Waals surface area contributed by atoms with Gasteiger partial charge in [0.1, 0.15) is 18.1 Å². The fraction of sp³-hybridized carbons (Fsp3) is 0.267. The average Bonchev–Trinajstić information content (AvgIpc) is 2.45. The minimum Gasteiger partial charge on any atom is -0.497 e. The minimum absolute atomic E-state index is 0.389. The van der Waals surface area contributed by atoms with E-state index in [1.165, 1.54) is 0 Å². The Hall–Kier alpha value is -1.26. The summed E-state index contributed by atoms with van der Waals surface area (Å²) in [7, 11) is 1.64. The van der Waals surface area contributed by atoms with Crippen molar-refractivity contribution in [3.63, 3.8) is 0 Å². The summed E-state index contributed by atoms with van der Waals surface area (Å²) < 4.78 is 11.0. The highest BCUT2D eigenvalue weighted by atomic mass is 79.9. The standard InChI is InChI=1S/C15H15BrClNO2/c1-10-5-14(19-2)7-13(18-10)9-20-15-4-3-12(17)6-11(15)8-16/h3-7H,8-9H2,1-2H3. The van der Waals surface area contributed by atoms with Crippen molar-refractivity contribution in [2.45, 2.75) is 18.9 Å². The number of nitrogens with zero attached hydrogens (tertiary/aromatic N) is 1. The lowest BCUT2D eigenvalue weighted by Crippen LogP contribution is -2.02. The lowest BCUT2D eigenvalue weighted by molar-refractivity contribution is 0.297. The van der Waals surface area contributed by atoms with Crippen LogP contribution in [0.25, 0.3) is 0 Å². The summed E-state index contributed by atoms with van der Waals surface area (Å²) >= 11 is 9.40. The van der Waals surface area contributed by atoms with Gasteiger partial charge in [0.25, 0.3) is 0 Å². The first-order valence-corrected chi connectivity index (χ1v) is 7.61. The monoisotopic (exact) mass is 355 g/mol. The molecule has 0 fully saturated rings. The van der Waals surface area contributed by atoms with Gasteiger partial charge in [-0.15, -0.1) is 0 Å². The Morgan fingerprint density at radius 2 is 2.05 bits per heavy atom. The molecule has 0 saturated heterocycles. The molecule has 20 heavy (non-hydrogen) atoms. The maximum atomic E-state index is 5.97. The molecule has 0 saturated carbocycles. The number of aromatic nitrogens is 1. The first kappa shape index (κ1) is 15.1. The van der Waals surface area contributed by atoms with E-state index in [0.29, 0.717) is 17.0 Å². The molecule has 0 aliphatic carbocycles. The van der Waals surface area contributed by atoms with Crippen LogP contribution in [0.5, 0.6) is 11.5 Å². The van der Waals surface area contributed by atoms with Gasteiger partial charge in [0, 0.05) is 33.7 Å². The molecule has 0 N–H and O–H groups in total. The molecule has 0 radical (unpaired) electrons. The van der Waals surface area contributed by atoms with Crippen molar-refractivity contribution in [3.05, 3.63) is 52.3 Å². The van der Waals surface area contributed by atoms with Crippen LogP contribution >= 0.6 is 27.5 Å². The first-order chi connectivity index (χ1) is 9.62. The number of ether oxygens (including phenoxy) is 2. The van der Waals surface area contributed by atoms with Crippen LogP contribution in [0.4, 0.5) is 0 Å². The van der Waals surface area contributed by atoms with E-state index in [4.69, 9.17) is 21.1 Å². The number of methoxy groups -OCH3 is 1. The van der Waals surface area contributed by atoms with Gasteiger partial charge >= 0.3 is 0 Å². The number of rotatable bonds is 5. The Morgan fingerprint density at radius 3 is 2.75 bits per heavy atom. The molecule has 1 aromatic carbocycles. The second kappa shape index (κ2) is 6.95. The summed E-state index contributed by atoms with van der Waals surface area (Å²) in [6.45, 7) is 2.32. The van der Waals surface area contributed by atoms with E-state index in [9.17, 15) is 0 Å². The molecule has 106 valence electrons. The maximum absolute atomic E-state index is 5.97. The number of pyridine rings is 1. The van der Waals surface area contributed by atoms with Crippen molar-refractivity contribution in [1.29, 1.82) is 0 Å². The molecule has 1 aromatic heterocycles. The van der Waals surface area contributed by atoms with Gasteiger partial charge in [0.05, 0.1) is 12.8 Å². The van der Waals surface area contributed by atoms with E-state index in [2.05, 4.69) is 20.9 Å². The molecule has 0 unspecified atom stereocenters. The molecule has 3 nitrogen and oxygen atoms in total. The largest absolute Gasteiger partial charge is 0.497 e. The van der Waals surface area contributed by atoms with Gasteiger partial charge in [-0.05, 0) is 25.1 Å². The maximum Gasteiger partial charge on any atom is 0.130 e. The molecule has 0 aliphatic heterocycles. The Bertz CT molecular complexity index is 604. The van der Waals surface area contributed by atoms with Crippen LogP contribution in [0.1, 0.15) is 17.0 Å². The third-order valence-corrected chi connectivity index (χ3v) is 3.60. The summed E-state index contributed by atoms with van der Waals surface area (Å²) in [6.07, 6.45) is 0. The van der Waals surface area contributed by atoms with Gasteiger partial charge in [0.15, 0.2) is 0 Å². The normalized spacial score (nSPS) is 10.4. The fourth-order valence-electron chi connectivity index (χ4n) is 1.84. The topological polar surface area (TPSA) is 31.4 Å². The summed E-state index contributed by atoms with van der Waals surface area (Å²) in [5.41, 5.74) is 2.74. The van der Waals surface area contributed by atoms with Crippen molar-refractivity contribution in [2.24, 2.45) is 0 Å². The van der Waals surface area contributed by atoms with E-state index in [-0.39, 0.29) is 0 Å². The number of hydrogen-bond acceptors (Lipinski definition) is 3. The molecule has 0 atom stereocenters. The summed E-state index contributed by atoms with van der Waals surface area (Å²) in [6, 6.07) is 9.32. The number of halogens is 2. The Labute approximate surface area is 132 Å². The van der Waals surface area contributed by atoms with Crippen molar-refractivity contribution >= 4 is 27.5 Å². The quantitative estimate of drug-likeness (QED) is 0.738. The van der Waals surface area contributed by atoms with Crippen LogP contribution in [0.3, 0.4) is 0 Å². The molecule has 0 amide bonds. The fourth-order valence-corrected chi connectivity index (χ4v) is 2.47. The van der Waals surface area contributed by atoms with Crippen LogP contribution in [0.2, 0.25) is 5.02 Å². The van der Waals surface area contributed by atoms with Gasteiger partial charge in [-0.3, -0.25) is 4.98 Å². The number of benzene rings is 1. The number of hydrogen-bond donors (Lipinski definition) is 0. The minimum atomic E-state index is 0.389. The highest BCUT2D eigenvalue weighted by Crippen LogP contribution is 2.26. The number of aryl methyl sites for hydroxylation is 1. The summed E-state index contributed by atoms with van der Waals surface area (Å²) in [4.78, 5) is 4.43. The van der Waals surface area contributed by atoms with Crippen molar-refractivity contribution in [3.8, 4) is 11.5 Å². The average molecular weight is 357 g/mol. The third-order valence-electron chi connectivity index (χ3n) is 2.76. The zero-order valence-corrected chi connectivity index (χ0v) is 13.7. The van der Waals surface area contributed by atoms with Crippen molar-refractivity contribution in [2.75, 3.05) is 7.11 Å². The zero-order valence-electron chi connectivity index (χ0n) is 11.3. The van der Waals surface area contributed by atoms with Crippen LogP contribution in [0, 0.1) is 6.92 Å². The highest BCUT2D eigenvalue weighted by molar-refractivity contribution is 9.08. The van der Waals surface area contributed by atoms with Gasteiger partial charge in [-0.1, -0.05) is 27.5 Å². The van der Waals surface area contributed by atoms with E-state index in [1.54, 1.807) is 7.11 Å². The molecule has 0 bridgehead atoms. The Kier molecular flexibility index (Phi) is 5.26.